The topological polar surface area (TPSA) is 47.0 Å². The maximum absolute atomic E-state index is 5.19. The summed E-state index contributed by atoms with van der Waals surface area (Å²) >= 11 is 5.05. The lowest BCUT2D eigenvalue weighted by Crippen LogP contribution is -2.04. The average molecular weight is 314 g/mol. The van der Waals surface area contributed by atoms with Crippen LogP contribution >= 0.6 is 27.3 Å². The average Bonchev–Trinajstić information content (AvgIpc) is 2.78. The lowest BCUT2D eigenvalue weighted by molar-refractivity contribution is 0.412. The minimum absolute atomic E-state index is 0.745. The Balaban J connectivity index is 2.29. The van der Waals surface area contributed by atoms with Gasteiger partial charge in [0.25, 0.3) is 0 Å². The number of nitrogens with one attached hydrogen (secondary N) is 1. The van der Waals surface area contributed by atoms with Crippen molar-refractivity contribution < 1.29 is 4.74 Å². The standard InChI is InChI=1S/C11H12BrN3OS/c1-13-6-10-14-15-11(17-10)7-3-4-9(16-2)8(12)5-7/h3-5,13H,6H2,1-2H3. The van der Waals surface area contributed by atoms with Crippen LogP contribution in [0.2, 0.25) is 0 Å². The Morgan fingerprint density at radius 2 is 2.24 bits per heavy atom. The number of rotatable bonds is 4. The van der Waals surface area contributed by atoms with Crippen molar-refractivity contribution in [1.29, 1.82) is 0 Å². The first-order valence-electron chi connectivity index (χ1n) is 5.05. The molecule has 1 heterocycles. The van der Waals surface area contributed by atoms with Gasteiger partial charge in [0.05, 0.1) is 11.6 Å². The molecule has 1 aromatic heterocycles. The second-order valence-electron chi connectivity index (χ2n) is 3.38. The molecule has 0 radical (unpaired) electrons. The molecule has 0 amide bonds. The van der Waals surface area contributed by atoms with Crippen molar-refractivity contribution in [3.8, 4) is 16.3 Å². The number of halogens is 1. The summed E-state index contributed by atoms with van der Waals surface area (Å²) in [5.41, 5.74) is 1.04. The zero-order valence-corrected chi connectivity index (χ0v) is 11.9. The van der Waals surface area contributed by atoms with Gasteiger partial charge in [0.2, 0.25) is 0 Å². The van der Waals surface area contributed by atoms with Crippen molar-refractivity contribution in [2.45, 2.75) is 6.54 Å². The number of nitrogens with zero attached hydrogens (tertiary/aromatic N) is 2. The zero-order chi connectivity index (χ0) is 12.3. The minimum Gasteiger partial charge on any atom is -0.496 e. The van der Waals surface area contributed by atoms with Gasteiger partial charge in [-0.1, -0.05) is 11.3 Å². The largest absolute Gasteiger partial charge is 0.496 e. The molecular formula is C11H12BrN3OS. The number of methoxy groups -OCH3 is 1. The third kappa shape index (κ3) is 2.83. The fraction of sp³-hybridized carbons (Fsp3) is 0.273. The fourth-order valence-electron chi connectivity index (χ4n) is 1.39. The van der Waals surface area contributed by atoms with Gasteiger partial charge in [-0.25, -0.2) is 0 Å². The summed E-state index contributed by atoms with van der Waals surface area (Å²) in [6.45, 7) is 0.745. The molecular weight excluding hydrogens is 302 g/mol. The third-order valence-electron chi connectivity index (χ3n) is 2.19. The van der Waals surface area contributed by atoms with Gasteiger partial charge >= 0.3 is 0 Å². The van der Waals surface area contributed by atoms with E-state index in [1.54, 1.807) is 18.4 Å². The highest BCUT2D eigenvalue weighted by molar-refractivity contribution is 9.10. The van der Waals surface area contributed by atoms with Crippen molar-refractivity contribution in [1.82, 2.24) is 15.5 Å². The van der Waals surface area contributed by atoms with E-state index in [0.29, 0.717) is 0 Å². The van der Waals surface area contributed by atoms with E-state index in [9.17, 15) is 0 Å². The molecule has 0 bridgehead atoms. The van der Waals surface area contributed by atoms with Crippen LogP contribution in [0, 0.1) is 0 Å². The Hall–Kier alpha value is -0.980. The molecule has 0 spiro atoms. The van der Waals surface area contributed by atoms with Gasteiger partial charge in [-0.05, 0) is 41.2 Å². The van der Waals surface area contributed by atoms with Gasteiger partial charge in [0, 0.05) is 12.1 Å². The Morgan fingerprint density at radius 3 is 2.88 bits per heavy atom. The van der Waals surface area contributed by atoms with Gasteiger partial charge in [-0.2, -0.15) is 0 Å². The molecule has 2 rings (SSSR count). The van der Waals surface area contributed by atoms with Gasteiger partial charge in [0.1, 0.15) is 15.8 Å². The SMILES string of the molecule is CNCc1nnc(-c2ccc(OC)c(Br)c2)s1. The van der Waals surface area contributed by atoms with E-state index < -0.39 is 0 Å². The quantitative estimate of drug-likeness (QED) is 0.942. The minimum atomic E-state index is 0.745. The van der Waals surface area contributed by atoms with Crippen molar-refractivity contribution in [3.63, 3.8) is 0 Å². The molecule has 17 heavy (non-hydrogen) atoms. The van der Waals surface area contributed by atoms with E-state index in [4.69, 9.17) is 4.74 Å². The first-order chi connectivity index (χ1) is 8.24. The molecule has 0 unspecified atom stereocenters. The van der Waals surface area contributed by atoms with E-state index in [1.165, 1.54) is 0 Å². The van der Waals surface area contributed by atoms with Gasteiger partial charge < -0.3 is 10.1 Å². The van der Waals surface area contributed by atoms with Crippen LogP contribution in [0.15, 0.2) is 22.7 Å². The molecule has 6 heteroatoms. The normalized spacial score (nSPS) is 10.5. The number of hydrogen-bond donors (Lipinski definition) is 1. The summed E-state index contributed by atoms with van der Waals surface area (Å²) in [6.07, 6.45) is 0. The Morgan fingerprint density at radius 1 is 1.41 bits per heavy atom. The summed E-state index contributed by atoms with van der Waals surface area (Å²) in [4.78, 5) is 0. The van der Waals surface area contributed by atoms with Crippen LogP contribution in [0.4, 0.5) is 0 Å². The molecule has 1 N–H and O–H groups in total. The molecule has 0 aliphatic heterocycles. The number of benzene rings is 1. The van der Waals surface area contributed by atoms with Crippen molar-refractivity contribution in [2.24, 2.45) is 0 Å². The first-order valence-corrected chi connectivity index (χ1v) is 6.66. The van der Waals surface area contributed by atoms with Crippen molar-refractivity contribution in [3.05, 3.63) is 27.7 Å². The molecule has 0 atom stereocenters. The van der Waals surface area contributed by atoms with E-state index in [2.05, 4.69) is 31.4 Å². The van der Waals surface area contributed by atoms with Crippen LogP contribution in [-0.4, -0.2) is 24.4 Å². The van der Waals surface area contributed by atoms with Gasteiger partial charge in [-0.3, -0.25) is 0 Å². The highest BCUT2D eigenvalue weighted by Gasteiger charge is 2.08. The van der Waals surface area contributed by atoms with Gasteiger partial charge in [-0.15, -0.1) is 10.2 Å². The summed E-state index contributed by atoms with van der Waals surface area (Å²) in [5.74, 6) is 0.814. The molecule has 1 aromatic carbocycles. The number of hydrogen-bond acceptors (Lipinski definition) is 5. The highest BCUT2D eigenvalue weighted by atomic mass is 79.9. The number of aromatic nitrogens is 2. The van der Waals surface area contributed by atoms with Crippen molar-refractivity contribution >= 4 is 27.3 Å². The van der Waals surface area contributed by atoms with Crippen LogP contribution in [0.5, 0.6) is 5.75 Å². The zero-order valence-electron chi connectivity index (χ0n) is 9.53. The van der Waals surface area contributed by atoms with E-state index in [-0.39, 0.29) is 0 Å². The third-order valence-corrected chi connectivity index (χ3v) is 3.79. The Bertz CT molecular complexity index is 515. The Kier molecular flexibility index (Phi) is 4.09. The predicted octanol–water partition coefficient (Wildman–Crippen LogP) is 2.70. The lowest BCUT2D eigenvalue weighted by atomic mass is 10.2. The summed E-state index contributed by atoms with van der Waals surface area (Å²) in [6, 6.07) is 5.88. The van der Waals surface area contributed by atoms with E-state index in [1.807, 2.05) is 25.2 Å². The molecule has 90 valence electrons. The predicted molar refractivity (Wildman–Crippen MR) is 72.4 cm³/mol. The van der Waals surface area contributed by atoms with Crippen LogP contribution < -0.4 is 10.1 Å². The molecule has 0 aliphatic carbocycles. The summed E-state index contributed by atoms with van der Waals surface area (Å²) in [5, 5.41) is 13.2. The monoisotopic (exact) mass is 313 g/mol. The van der Waals surface area contributed by atoms with Crippen molar-refractivity contribution in [2.75, 3.05) is 14.2 Å². The summed E-state index contributed by atoms with van der Waals surface area (Å²) < 4.78 is 6.11. The Labute approximate surface area is 112 Å². The van der Waals surface area contributed by atoms with Crippen LogP contribution in [0.1, 0.15) is 5.01 Å². The number of ether oxygens (including phenoxy) is 1. The molecule has 0 saturated heterocycles. The van der Waals surface area contributed by atoms with Crippen LogP contribution in [0.3, 0.4) is 0 Å². The molecule has 4 nitrogen and oxygen atoms in total. The van der Waals surface area contributed by atoms with Crippen LogP contribution in [-0.2, 0) is 6.54 Å². The second kappa shape index (κ2) is 5.57. The summed E-state index contributed by atoms with van der Waals surface area (Å²) in [7, 11) is 3.54. The van der Waals surface area contributed by atoms with E-state index >= 15 is 0 Å². The maximum atomic E-state index is 5.19. The maximum Gasteiger partial charge on any atom is 0.147 e. The molecule has 0 fully saturated rings. The van der Waals surface area contributed by atoms with Gasteiger partial charge in [0.15, 0.2) is 0 Å². The molecule has 0 aliphatic rings. The molecule has 0 saturated carbocycles. The fourth-order valence-corrected chi connectivity index (χ4v) is 2.78. The lowest BCUT2D eigenvalue weighted by Gasteiger charge is -2.03. The smallest absolute Gasteiger partial charge is 0.147 e. The van der Waals surface area contributed by atoms with Crippen LogP contribution in [0.25, 0.3) is 10.6 Å². The molecule has 2 aromatic rings. The second-order valence-corrected chi connectivity index (χ2v) is 5.30. The first kappa shape index (κ1) is 12.5. The van der Waals surface area contributed by atoms with E-state index in [0.717, 1.165) is 32.3 Å². The highest BCUT2D eigenvalue weighted by Crippen LogP contribution is 2.31.